The average molecular weight is 341 g/mol. The zero-order valence-corrected chi connectivity index (χ0v) is 12.7. The van der Waals surface area contributed by atoms with Gasteiger partial charge in [0.25, 0.3) is 5.91 Å². The molecule has 0 aliphatic carbocycles. The van der Waals surface area contributed by atoms with Gasteiger partial charge < -0.3 is 10.6 Å². The fraction of sp³-hybridized carbons (Fsp3) is 0.250. The number of alkyl halides is 3. The van der Waals surface area contributed by atoms with Crippen molar-refractivity contribution in [2.75, 3.05) is 11.9 Å². The van der Waals surface area contributed by atoms with Gasteiger partial charge in [-0.05, 0) is 36.8 Å². The average Bonchev–Trinajstić information content (AvgIpc) is 2.53. The maximum Gasteiger partial charge on any atom is 0.416 e. The van der Waals surface area contributed by atoms with E-state index >= 15 is 0 Å². The molecule has 128 valence electrons. The minimum absolute atomic E-state index is 0.0970. The predicted octanol–water partition coefficient (Wildman–Crippen LogP) is 3.60. The Balaban J connectivity index is 2.17. The molecule has 0 aliphatic rings. The number of hydrogen-bond donors (Lipinski definition) is 2. The van der Waals surface area contributed by atoms with Crippen LogP contribution in [0.3, 0.4) is 0 Å². The summed E-state index contributed by atoms with van der Waals surface area (Å²) in [6.07, 6.45) is -3.27. The number of pyridine rings is 1. The first kappa shape index (κ1) is 17.7. The molecule has 2 aromatic rings. The summed E-state index contributed by atoms with van der Waals surface area (Å²) in [5.41, 5.74) is -0.547. The highest BCUT2D eigenvalue weighted by Gasteiger charge is 2.33. The molecule has 1 amide bonds. The van der Waals surface area contributed by atoms with Crippen LogP contribution in [-0.4, -0.2) is 17.4 Å². The van der Waals surface area contributed by atoms with Crippen LogP contribution in [0, 0.1) is 5.82 Å². The Labute approximate surface area is 135 Å². The molecule has 1 heterocycles. The smallest absolute Gasteiger partial charge is 0.381 e. The molecule has 8 heteroatoms. The number of amides is 1. The lowest BCUT2D eigenvalue weighted by Gasteiger charge is -2.14. The minimum atomic E-state index is -4.65. The molecule has 0 atom stereocenters. The molecular formula is C16H15F4N3O. The van der Waals surface area contributed by atoms with Crippen molar-refractivity contribution in [1.29, 1.82) is 0 Å². The van der Waals surface area contributed by atoms with Crippen molar-refractivity contribution in [3.05, 3.63) is 59.2 Å². The first-order chi connectivity index (χ1) is 11.3. The molecule has 0 unspecified atom stereocenters. The Bertz CT molecular complexity index is 732. The maximum absolute atomic E-state index is 13.1. The van der Waals surface area contributed by atoms with E-state index in [9.17, 15) is 22.4 Å². The van der Waals surface area contributed by atoms with Crippen LogP contribution in [-0.2, 0) is 12.7 Å². The molecular weight excluding hydrogens is 326 g/mol. The number of hydrogen-bond acceptors (Lipinski definition) is 3. The Kier molecular flexibility index (Phi) is 5.38. The van der Waals surface area contributed by atoms with E-state index in [1.54, 1.807) is 6.92 Å². The minimum Gasteiger partial charge on any atom is -0.381 e. The number of aromatic nitrogens is 1. The van der Waals surface area contributed by atoms with Gasteiger partial charge in [-0.15, -0.1) is 0 Å². The van der Waals surface area contributed by atoms with Crippen molar-refractivity contribution in [2.24, 2.45) is 0 Å². The third-order valence-corrected chi connectivity index (χ3v) is 3.19. The Morgan fingerprint density at radius 3 is 2.62 bits per heavy atom. The van der Waals surface area contributed by atoms with E-state index in [4.69, 9.17) is 0 Å². The van der Waals surface area contributed by atoms with E-state index < -0.39 is 17.6 Å². The van der Waals surface area contributed by atoms with Crippen LogP contribution in [0.1, 0.15) is 28.5 Å². The number of carbonyl (C=O) groups is 1. The number of anilines is 1. The maximum atomic E-state index is 13.1. The van der Waals surface area contributed by atoms with Crippen LogP contribution in [0.25, 0.3) is 0 Å². The van der Waals surface area contributed by atoms with Gasteiger partial charge in [-0.25, -0.2) is 4.39 Å². The second-order valence-electron chi connectivity index (χ2n) is 4.94. The summed E-state index contributed by atoms with van der Waals surface area (Å²) in [4.78, 5) is 15.6. The Morgan fingerprint density at radius 1 is 1.21 bits per heavy atom. The third kappa shape index (κ3) is 4.43. The number of benzene rings is 1. The predicted molar refractivity (Wildman–Crippen MR) is 81.0 cm³/mol. The van der Waals surface area contributed by atoms with Gasteiger partial charge in [-0.1, -0.05) is 6.07 Å². The highest BCUT2D eigenvalue weighted by molar-refractivity contribution is 5.93. The first-order valence-electron chi connectivity index (χ1n) is 7.15. The third-order valence-electron chi connectivity index (χ3n) is 3.19. The van der Waals surface area contributed by atoms with Crippen molar-refractivity contribution in [3.8, 4) is 0 Å². The van der Waals surface area contributed by atoms with Crippen molar-refractivity contribution >= 4 is 11.6 Å². The molecule has 1 aromatic carbocycles. The fourth-order valence-electron chi connectivity index (χ4n) is 2.08. The molecule has 0 spiro atoms. The quantitative estimate of drug-likeness (QED) is 0.817. The van der Waals surface area contributed by atoms with Crippen LogP contribution in [0.15, 0.2) is 36.5 Å². The van der Waals surface area contributed by atoms with Gasteiger partial charge in [0, 0.05) is 25.0 Å². The molecule has 0 saturated carbocycles. The summed E-state index contributed by atoms with van der Waals surface area (Å²) in [5, 5.41) is 5.37. The second kappa shape index (κ2) is 7.29. The number of halogens is 4. The lowest BCUT2D eigenvalue weighted by molar-refractivity contribution is -0.138. The Hall–Kier alpha value is -2.64. The number of rotatable bonds is 5. The van der Waals surface area contributed by atoms with Gasteiger partial charge in [0.2, 0.25) is 0 Å². The topological polar surface area (TPSA) is 54.0 Å². The molecule has 0 aliphatic heterocycles. The zero-order chi connectivity index (χ0) is 17.7. The molecule has 1 aromatic heterocycles. The van der Waals surface area contributed by atoms with Gasteiger partial charge in [0.15, 0.2) is 0 Å². The van der Waals surface area contributed by atoms with Gasteiger partial charge in [0.05, 0.1) is 5.56 Å². The summed E-state index contributed by atoms with van der Waals surface area (Å²) in [6, 6.07) is 5.47. The molecule has 0 bridgehead atoms. The Morgan fingerprint density at radius 2 is 1.96 bits per heavy atom. The highest BCUT2D eigenvalue weighted by Crippen LogP contribution is 2.32. The van der Waals surface area contributed by atoms with E-state index in [-0.39, 0.29) is 23.7 Å². The summed E-state index contributed by atoms with van der Waals surface area (Å²) < 4.78 is 51.9. The van der Waals surface area contributed by atoms with E-state index in [1.165, 1.54) is 18.3 Å². The molecule has 4 nitrogen and oxygen atoms in total. The molecule has 0 radical (unpaired) electrons. The summed E-state index contributed by atoms with van der Waals surface area (Å²) in [7, 11) is 0. The molecule has 0 fully saturated rings. The summed E-state index contributed by atoms with van der Waals surface area (Å²) in [6.45, 7) is 2.02. The van der Waals surface area contributed by atoms with Gasteiger partial charge in [0.1, 0.15) is 11.5 Å². The van der Waals surface area contributed by atoms with E-state index in [0.29, 0.717) is 18.3 Å². The first-order valence-corrected chi connectivity index (χ1v) is 7.15. The van der Waals surface area contributed by atoms with Crippen molar-refractivity contribution < 1.29 is 22.4 Å². The molecule has 2 N–H and O–H groups in total. The van der Waals surface area contributed by atoms with Gasteiger partial charge >= 0.3 is 6.18 Å². The van der Waals surface area contributed by atoms with E-state index in [2.05, 4.69) is 15.6 Å². The van der Waals surface area contributed by atoms with Crippen LogP contribution in [0.4, 0.5) is 23.2 Å². The lowest BCUT2D eigenvalue weighted by Crippen LogP contribution is -2.23. The van der Waals surface area contributed by atoms with Gasteiger partial charge in [-0.3, -0.25) is 9.78 Å². The van der Waals surface area contributed by atoms with Crippen LogP contribution >= 0.6 is 0 Å². The van der Waals surface area contributed by atoms with Crippen LogP contribution in [0.2, 0.25) is 0 Å². The standard InChI is InChI=1S/C16H15F4N3O/c1-2-21-15(24)14-8-12(5-6-22-14)23-9-10-3-4-11(17)7-13(10)16(18,19)20/h3-8H,2,9H2,1H3,(H,21,24)(H,22,23). The normalized spacial score (nSPS) is 11.2. The lowest BCUT2D eigenvalue weighted by atomic mass is 10.1. The summed E-state index contributed by atoms with van der Waals surface area (Å²) >= 11 is 0. The number of nitrogens with one attached hydrogen (secondary N) is 2. The van der Waals surface area contributed by atoms with Crippen molar-refractivity contribution in [2.45, 2.75) is 19.6 Å². The monoisotopic (exact) mass is 341 g/mol. The SMILES string of the molecule is CCNC(=O)c1cc(NCc2ccc(F)cc2C(F)(F)F)ccn1. The number of nitrogens with zero attached hydrogens (tertiary/aromatic N) is 1. The molecule has 24 heavy (non-hydrogen) atoms. The highest BCUT2D eigenvalue weighted by atomic mass is 19.4. The van der Waals surface area contributed by atoms with Crippen molar-refractivity contribution in [1.82, 2.24) is 10.3 Å². The molecule has 2 rings (SSSR count). The van der Waals surface area contributed by atoms with E-state index in [0.717, 1.165) is 12.1 Å². The fourth-order valence-corrected chi connectivity index (χ4v) is 2.08. The zero-order valence-electron chi connectivity index (χ0n) is 12.7. The molecule has 0 saturated heterocycles. The van der Waals surface area contributed by atoms with E-state index in [1.807, 2.05) is 0 Å². The number of carbonyl (C=O) groups excluding carboxylic acids is 1. The van der Waals surface area contributed by atoms with Gasteiger partial charge in [-0.2, -0.15) is 13.2 Å². The largest absolute Gasteiger partial charge is 0.416 e. The van der Waals surface area contributed by atoms with Crippen LogP contribution < -0.4 is 10.6 Å². The summed E-state index contributed by atoms with van der Waals surface area (Å²) in [5.74, 6) is -1.33. The second-order valence-corrected chi connectivity index (χ2v) is 4.94. The van der Waals surface area contributed by atoms with Crippen molar-refractivity contribution in [3.63, 3.8) is 0 Å². The van der Waals surface area contributed by atoms with Crippen LogP contribution in [0.5, 0.6) is 0 Å².